The number of nitrogens with one attached hydrogen (secondary N) is 1. The molecule has 1 aromatic rings. The van der Waals surface area contributed by atoms with Crippen molar-refractivity contribution in [2.45, 2.75) is 12.0 Å². The zero-order valence-corrected chi connectivity index (χ0v) is 9.99. The third kappa shape index (κ3) is 2.00. The van der Waals surface area contributed by atoms with Crippen LogP contribution in [0.2, 0.25) is 0 Å². The van der Waals surface area contributed by atoms with E-state index in [4.69, 9.17) is 4.74 Å². The van der Waals surface area contributed by atoms with Gasteiger partial charge in [-0.25, -0.2) is 4.39 Å². The zero-order valence-electron chi connectivity index (χ0n) is 9.99. The lowest BCUT2D eigenvalue weighted by molar-refractivity contribution is -0.136. The average Bonchev–Trinajstić information content (AvgIpc) is 2.82. The van der Waals surface area contributed by atoms with Crippen LogP contribution in [0.1, 0.15) is 6.42 Å². The second-order valence-corrected chi connectivity index (χ2v) is 4.85. The number of hydrogen-bond donors (Lipinski definition) is 1. The second kappa shape index (κ2) is 4.33. The third-order valence-electron chi connectivity index (χ3n) is 3.59. The Morgan fingerprint density at radius 2 is 2.11 bits per heavy atom. The minimum absolute atomic E-state index is 0.0702. The summed E-state index contributed by atoms with van der Waals surface area (Å²) in [4.78, 5) is 13.6. The standard InChI is InChI=1S/C13H15FN2O2/c14-10-1-3-11(4-2-10)16-9-13(5-6-15-8-13)18-7-12(16)17/h1-4,15H,5-9H2. The van der Waals surface area contributed by atoms with E-state index in [9.17, 15) is 9.18 Å². The Bertz CT molecular complexity index is 455. The number of carbonyl (C=O) groups excluding carboxylic acids is 1. The summed E-state index contributed by atoms with van der Waals surface area (Å²) in [5.74, 6) is -0.365. The van der Waals surface area contributed by atoms with Crippen LogP contribution >= 0.6 is 0 Å². The van der Waals surface area contributed by atoms with Crippen LogP contribution in [-0.2, 0) is 9.53 Å². The van der Waals surface area contributed by atoms with Crippen LogP contribution in [0, 0.1) is 5.82 Å². The number of morpholine rings is 1. The van der Waals surface area contributed by atoms with Gasteiger partial charge in [0.1, 0.15) is 18.0 Å². The number of carbonyl (C=O) groups is 1. The number of anilines is 1. The molecule has 1 unspecified atom stereocenters. The van der Waals surface area contributed by atoms with Crippen molar-refractivity contribution in [3.63, 3.8) is 0 Å². The largest absolute Gasteiger partial charge is 0.362 e. The molecule has 2 saturated heterocycles. The molecule has 4 nitrogen and oxygen atoms in total. The van der Waals surface area contributed by atoms with Crippen molar-refractivity contribution in [1.29, 1.82) is 0 Å². The number of rotatable bonds is 1. The fourth-order valence-corrected chi connectivity index (χ4v) is 2.55. The van der Waals surface area contributed by atoms with Gasteiger partial charge >= 0.3 is 0 Å². The van der Waals surface area contributed by atoms with Crippen LogP contribution in [0.3, 0.4) is 0 Å². The zero-order chi connectivity index (χ0) is 12.6. The van der Waals surface area contributed by atoms with Crippen LogP contribution in [0.4, 0.5) is 10.1 Å². The van der Waals surface area contributed by atoms with E-state index in [0.29, 0.717) is 6.54 Å². The minimum Gasteiger partial charge on any atom is -0.362 e. The molecule has 0 bridgehead atoms. The summed E-state index contributed by atoms with van der Waals surface area (Å²) >= 11 is 0. The highest BCUT2D eigenvalue weighted by molar-refractivity contribution is 5.95. The Labute approximate surface area is 105 Å². The first-order valence-electron chi connectivity index (χ1n) is 6.09. The van der Waals surface area contributed by atoms with Gasteiger partial charge in [-0.1, -0.05) is 0 Å². The average molecular weight is 250 g/mol. The first-order valence-corrected chi connectivity index (χ1v) is 6.09. The van der Waals surface area contributed by atoms with Crippen LogP contribution in [-0.4, -0.2) is 37.7 Å². The molecule has 96 valence electrons. The molecule has 2 heterocycles. The van der Waals surface area contributed by atoms with Gasteiger partial charge < -0.3 is 15.0 Å². The van der Waals surface area contributed by atoms with Gasteiger partial charge in [0.2, 0.25) is 0 Å². The van der Waals surface area contributed by atoms with Gasteiger partial charge in [0, 0.05) is 12.2 Å². The normalized spacial score (nSPS) is 28.1. The number of ether oxygens (including phenoxy) is 1. The maximum atomic E-state index is 12.9. The highest BCUT2D eigenvalue weighted by Gasteiger charge is 2.42. The van der Waals surface area contributed by atoms with Crippen LogP contribution in [0.5, 0.6) is 0 Å². The molecular formula is C13H15FN2O2. The molecule has 1 aromatic carbocycles. The fraction of sp³-hybridized carbons (Fsp3) is 0.462. The maximum absolute atomic E-state index is 12.9. The van der Waals surface area contributed by atoms with Gasteiger partial charge in [0.15, 0.2) is 0 Å². The van der Waals surface area contributed by atoms with Crippen molar-refractivity contribution in [1.82, 2.24) is 5.32 Å². The summed E-state index contributed by atoms with van der Waals surface area (Å²) in [7, 11) is 0. The Kier molecular flexibility index (Phi) is 2.80. The molecule has 0 saturated carbocycles. The predicted octanol–water partition coefficient (Wildman–Crippen LogP) is 0.921. The number of amides is 1. The van der Waals surface area contributed by atoms with E-state index in [-0.39, 0.29) is 23.9 Å². The van der Waals surface area contributed by atoms with Crippen molar-refractivity contribution in [3.8, 4) is 0 Å². The van der Waals surface area contributed by atoms with E-state index < -0.39 is 0 Å². The van der Waals surface area contributed by atoms with Crippen molar-refractivity contribution >= 4 is 11.6 Å². The first kappa shape index (κ1) is 11.6. The third-order valence-corrected chi connectivity index (χ3v) is 3.59. The quantitative estimate of drug-likeness (QED) is 0.806. The maximum Gasteiger partial charge on any atom is 0.253 e. The number of hydrogen-bond acceptors (Lipinski definition) is 3. The predicted molar refractivity (Wildman–Crippen MR) is 64.9 cm³/mol. The van der Waals surface area contributed by atoms with Gasteiger partial charge in [-0.05, 0) is 37.2 Å². The summed E-state index contributed by atoms with van der Waals surface area (Å²) in [6, 6.07) is 6.01. The Balaban J connectivity index is 1.85. The van der Waals surface area contributed by atoms with E-state index in [1.54, 1.807) is 17.0 Å². The lowest BCUT2D eigenvalue weighted by Gasteiger charge is -2.39. The van der Waals surface area contributed by atoms with Crippen molar-refractivity contribution in [2.75, 3.05) is 31.1 Å². The van der Waals surface area contributed by atoms with Gasteiger partial charge in [0.25, 0.3) is 5.91 Å². The van der Waals surface area contributed by atoms with Gasteiger partial charge in [0.05, 0.1) is 6.54 Å². The topological polar surface area (TPSA) is 41.6 Å². The molecule has 0 radical (unpaired) electrons. The SMILES string of the molecule is O=C1COC2(CCNC2)CN1c1ccc(F)cc1. The van der Waals surface area contributed by atoms with E-state index >= 15 is 0 Å². The summed E-state index contributed by atoms with van der Waals surface area (Å²) < 4.78 is 18.6. The molecule has 18 heavy (non-hydrogen) atoms. The molecule has 2 aliphatic rings. The summed E-state index contributed by atoms with van der Waals surface area (Å²) in [5.41, 5.74) is 0.457. The monoisotopic (exact) mass is 250 g/mol. The van der Waals surface area contributed by atoms with Gasteiger partial charge in [-0.3, -0.25) is 4.79 Å². The number of nitrogens with zero attached hydrogens (tertiary/aromatic N) is 1. The smallest absolute Gasteiger partial charge is 0.253 e. The van der Waals surface area contributed by atoms with Crippen molar-refractivity contribution in [3.05, 3.63) is 30.1 Å². The minimum atomic E-state index is -0.295. The summed E-state index contributed by atoms with van der Waals surface area (Å²) in [6.07, 6.45) is 0.901. The molecule has 5 heteroatoms. The first-order chi connectivity index (χ1) is 8.69. The Morgan fingerprint density at radius 3 is 2.78 bits per heavy atom. The molecule has 1 amide bonds. The van der Waals surface area contributed by atoms with Gasteiger partial charge in [-0.2, -0.15) is 0 Å². The molecule has 1 N–H and O–H groups in total. The molecular weight excluding hydrogens is 235 g/mol. The van der Waals surface area contributed by atoms with Crippen LogP contribution < -0.4 is 10.2 Å². The van der Waals surface area contributed by atoms with E-state index in [0.717, 1.165) is 25.2 Å². The fourth-order valence-electron chi connectivity index (χ4n) is 2.55. The van der Waals surface area contributed by atoms with Gasteiger partial charge in [-0.15, -0.1) is 0 Å². The second-order valence-electron chi connectivity index (χ2n) is 4.85. The van der Waals surface area contributed by atoms with E-state index in [1.165, 1.54) is 12.1 Å². The number of benzene rings is 1. The van der Waals surface area contributed by atoms with Crippen molar-refractivity contribution < 1.29 is 13.9 Å². The Hall–Kier alpha value is -1.46. The Morgan fingerprint density at radius 1 is 1.33 bits per heavy atom. The molecule has 1 atom stereocenters. The van der Waals surface area contributed by atoms with Crippen LogP contribution in [0.15, 0.2) is 24.3 Å². The van der Waals surface area contributed by atoms with E-state index in [2.05, 4.69) is 5.32 Å². The highest BCUT2D eigenvalue weighted by atomic mass is 19.1. The molecule has 1 spiro atoms. The van der Waals surface area contributed by atoms with E-state index in [1.807, 2.05) is 0 Å². The molecule has 0 aromatic heterocycles. The lowest BCUT2D eigenvalue weighted by atomic mass is 10.00. The van der Waals surface area contributed by atoms with Crippen LogP contribution in [0.25, 0.3) is 0 Å². The molecule has 2 aliphatic heterocycles. The highest BCUT2D eigenvalue weighted by Crippen LogP contribution is 2.28. The van der Waals surface area contributed by atoms with Crippen molar-refractivity contribution in [2.24, 2.45) is 0 Å². The summed E-state index contributed by atoms with van der Waals surface area (Å²) in [5, 5.41) is 3.26. The lowest BCUT2D eigenvalue weighted by Crippen LogP contribution is -2.55. The number of halogens is 1. The molecule has 2 fully saturated rings. The summed E-state index contributed by atoms with van der Waals surface area (Å²) in [6.45, 7) is 2.30. The molecule has 3 rings (SSSR count). The molecule has 0 aliphatic carbocycles.